The van der Waals surface area contributed by atoms with Crippen LogP contribution in [0.4, 0.5) is 5.69 Å². The Hall–Kier alpha value is -2.77. The lowest BCUT2D eigenvalue weighted by atomic mass is 10.0. The van der Waals surface area contributed by atoms with Gasteiger partial charge in [0.25, 0.3) is 11.8 Å². The lowest BCUT2D eigenvalue weighted by Crippen LogP contribution is -2.46. The molecule has 166 valence electrons. The average Bonchev–Trinajstić information content (AvgIpc) is 2.72. The van der Waals surface area contributed by atoms with Gasteiger partial charge in [0.2, 0.25) is 0 Å². The summed E-state index contributed by atoms with van der Waals surface area (Å²) in [4.78, 5) is 37.3. The number of rotatable bonds is 8. The van der Waals surface area contributed by atoms with E-state index in [2.05, 4.69) is 10.6 Å². The van der Waals surface area contributed by atoms with Gasteiger partial charge in [-0.2, -0.15) is 0 Å². The first-order valence-electron chi connectivity index (χ1n) is 9.50. The van der Waals surface area contributed by atoms with Gasteiger partial charge in [0, 0.05) is 11.1 Å². The summed E-state index contributed by atoms with van der Waals surface area (Å²) < 4.78 is 10.3. The van der Waals surface area contributed by atoms with Crippen LogP contribution in [0, 0.1) is 12.8 Å². The topological polar surface area (TPSA) is 93.7 Å². The molecule has 0 aliphatic rings. The Labute approximate surface area is 191 Å². The Morgan fingerprint density at radius 1 is 1.06 bits per heavy atom. The predicted octanol–water partition coefficient (Wildman–Crippen LogP) is 4.25. The van der Waals surface area contributed by atoms with Gasteiger partial charge in [0.1, 0.15) is 11.8 Å². The summed E-state index contributed by atoms with van der Waals surface area (Å²) in [6.07, 6.45) is 0. The van der Waals surface area contributed by atoms with Gasteiger partial charge in [0.05, 0.1) is 23.4 Å². The number of esters is 1. The number of nitrogens with one attached hydrogen (secondary N) is 2. The van der Waals surface area contributed by atoms with Crippen LogP contribution in [0.15, 0.2) is 36.4 Å². The molecular weight excluding hydrogens is 443 g/mol. The highest BCUT2D eigenvalue weighted by Crippen LogP contribution is 2.30. The summed E-state index contributed by atoms with van der Waals surface area (Å²) in [5.74, 6) is -1.70. The van der Waals surface area contributed by atoms with E-state index in [0.29, 0.717) is 16.5 Å². The highest BCUT2D eigenvalue weighted by Gasteiger charge is 2.27. The summed E-state index contributed by atoms with van der Waals surface area (Å²) in [6, 6.07) is 8.78. The number of ether oxygens (including phenoxy) is 2. The van der Waals surface area contributed by atoms with E-state index in [1.165, 1.54) is 7.11 Å². The van der Waals surface area contributed by atoms with Crippen LogP contribution in [-0.2, 0) is 14.3 Å². The molecule has 0 aliphatic heterocycles. The quantitative estimate of drug-likeness (QED) is 0.567. The number of carbonyl (C=O) groups excluding carboxylic acids is 3. The molecule has 2 N–H and O–H groups in total. The molecule has 2 rings (SSSR count). The third kappa shape index (κ3) is 6.60. The van der Waals surface area contributed by atoms with Crippen molar-refractivity contribution >= 4 is 46.7 Å². The first-order valence-corrected chi connectivity index (χ1v) is 10.3. The monoisotopic (exact) mass is 466 g/mol. The fourth-order valence-corrected chi connectivity index (χ4v) is 3.08. The van der Waals surface area contributed by atoms with Crippen LogP contribution in [0.2, 0.25) is 10.0 Å². The number of aryl methyl sites for hydroxylation is 1. The van der Waals surface area contributed by atoms with Crippen molar-refractivity contribution in [3.63, 3.8) is 0 Å². The molecule has 0 aromatic heterocycles. The molecule has 2 aromatic carbocycles. The van der Waals surface area contributed by atoms with Gasteiger partial charge >= 0.3 is 5.97 Å². The number of methoxy groups -OCH3 is 1. The van der Waals surface area contributed by atoms with Crippen molar-refractivity contribution in [2.75, 3.05) is 19.0 Å². The molecular formula is C22H24Cl2N2O5. The molecule has 0 radical (unpaired) electrons. The summed E-state index contributed by atoms with van der Waals surface area (Å²) >= 11 is 12.1. The Balaban J connectivity index is 2.00. The van der Waals surface area contributed by atoms with Crippen molar-refractivity contribution in [2.24, 2.45) is 5.92 Å². The second kappa shape index (κ2) is 11.0. The first-order chi connectivity index (χ1) is 14.6. The Morgan fingerprint density at radius 3 is 2.35 bits per heavy atom. The normalized spacial score (nSPS) is 11.6. The van der Waals surface area contributed by atoms with Crippen LogP contribution in [0.25, 0.3) is 0 Å². The van der Waals surface area contributed by atoms with Gasteiger partial charge in [-0.1, -0.05) is 49.2 Å². The van der Waals surface area contributed by atoms with Crippen molar-refractivity contribution in [1.29, 1.82) is 0 Å². The summed E-state index contributed by atoms with van der Waals surface area (Å²) in [5, 5.41) is 6.00. The minimum absolute atomic E-state index is 0.241. The molecule has 0 fully saturated rings. The van der Waals surface area contributed by atoms with E-state index in [1.807, 2.05) is 0 Å². The number of carbonyl (C=O) groups is 3. The molecule has 0 heterocycles. The molecule has 2 aromatic rings. The number of anilines is 1. The third-order valence-corrected chi connectivity index (χ3v) is 5.16. The van der Waals surface area contributed by atoms with Crippen LogP contribution in [-0.4, -0.2) is 37.5 Å². The third-order valence-electron chi connectivity index (χ3n) is 4.43. The molecule has 9 heteroatoms. The fraction of sp³-hybridized carbons (Fsp3) is 0.318. The van der Waals surface area contributed by atoms with Gasteiger partial charge in [-0.15, -0.1) is 0 Å². The Kier molecular flexibility index (Phi) is 8.71. The molecule has 0 bridgehead atoms. The molecule has 0 saturated carbocycles. The second-order valence-electron chi connectivity index (χ2n) is 7.13. The van der Waals surface area contributed by atoms with Crippen molar-refractivity contribution in [1.82, 2.24) is 5.32 Å². The minimum Gasteiger partial charge on any atom is -0.495 e. The lowest BCUT2D eigenvalue weighted by molar-refractivity contribution is -0.150. The van der Waals surface area contributed by atoms with E-state index in [-0.39, 0.29) is 16.5 Å². The zero-order valence-corrected chi connectivity index (χ0v) is 19.1. The number of amides is 2. The maximum atomic E-state index is 12.5. The molecule has 0 aliphatic carbocycles. The highest BCUT2D eigenvalue weighted by molar-refractivity contribution is 6.33. The molecule has 2 amide bonds. The van der Waals surface area contributed by atoms with Crippen LogP contribution in [0.3, 0.4) is 0 Å². The molecule has 7 nitrogen and oxygen atoms in total. The zero-order valence-electron chi connectivity index (χ0n) is 17.6. The van der Waals surface area contributed by atoms with E-state index < -0.39 is 30.4 Å². The Morgan fingerprint density at radius 2 is 1.74 bits per heavy atom. The van der Waals surface area contributed by atoms with Crippen molar-refractivity contribution in [3.05, 3.63) is 57.6 Å². The van der Waals surface area contributed by atoms with Crippen LogP contribution >= 0.6 is 23.2 Å². The van der Waals surface area contributed by atoms with Gasteiger partial charge in [-0.05, 0) is 36.6 Å². The van der Waals surface area contributed by atoms with E-state index >= 15 is 0 Å². The van der Waals surface area contributed by atoms with E-state index in [1.54, 1.807) is 57.2 Å². The number of benzene rings is 2. The number of hydrogen-bond donors (Lipinski definition) is 2. The predicted molar refractivity (Wildman–Crippen MR) is 120 cm³/mol. The van der Waals surface area contributed by atoms with Crippen LogP contribution < -0.4 is 15.4 Å². The second-order valence-corrected chi connectivity index (χ2v) is 7.95. The van der Waals surface area contributed by atoms with Crippen molar-refractivity contribution < 1.29 is 23.9 Å². The molecule has 1 atom stereocenters. The highest BCUT2D eigenvalue weighted by atomic mass is 35.5. The molecule has 0 saturated heterocycles. The SMILES string of the molecule is COc1cc(Cl)c(C)cc1NC(=O)COC(=O)[C@H](NC(=O)c1ccccc1Cl)C(C)C. The molecule has 31 heavy (non-hydrogen) atoms. The zero-order chi connectivity index (χ0) is 23.1. The summed E-state index contributed by atoms with van der Waals surface area (Å²) in [5.41, 5.74) is 1.39. The number of halogens is 2. The van der Waals surface area contributed by atoms with E-state index in [4.69, 9.17) is 32.7 Å². The van der Waals surface area contributed by atoms with Crippen LogP contribution in [0.1, 0.15) is 29.8 Å². The summed E-state index contributed by atoms with van der Waals surface area (Å²) in [7, 11) is 1.45. The Bertz CT molecular complexity index is 978. The average molecular weight is 467 g/mol. The maximum absolute atomic E-state index is 12.5. The van der Waals surface area contributed by atoms with Crippen molar-refractivity contribution in [3.8, 4) is 5.75 Å². The number of hydrogen-bond acceptors (Lipinski definition) is 5. The van der Waals surface area contributed by atoms with Crippen molar-refractivity contribution in [2.45, 2.75) is 26.8 Å². The molecule has 0 spiro atoms. The fourth-order valence-electron chi connectivity index (χ4n) is 2.70. The van der Waals surface area contributed by atoms with Gasteiger partial charge < -0.3 is 20.1 Å². The largest absolute Gasteiger partial charge is 0.495 e. The van der Waals surface area contributed by atoms with Gasteiger partial charge in [-0.3, -0.25) is 9.59 Å². The first kappa shape index (κ1) is 24.5. The minimum atomic E-state index is -0.955. The van der Waals surface area contributed by atoms with Gasteiger partial charge in [0.15, 0.2) is 6.61 Å². The molecule has 0 unspecified atom stereocenters. The lowest BCUT2D eigenvalue weighted by Gasteiger charge is -2.21. The smallest absolute Gasteiger partial charge is 0.329 e. The van der Waals surface area contributed by atoms with Crippen LogP contribution in [0.5, 0.6) is 5.75 Å². The summed E-state index contributed by atoms with van der Waals surface area (Å²) in [6.45, 7) is 4.75. The van der Waals surface area contributed by atoms with E-state index in [0.717, 1.165) is 5.56 Å². The van der Waals surface area contributed by atoms with Gasteiger partial charge in [-0.25, -0.2) is 4.79 Å². The van der Waals surface area contributed by atoms with E-state index in [9.17, 15) is 14.4 Å². The standard InChI is InChI=1S/C22H24Cl2N2O5/c1-12(2)20(26-21(28)14-7-5-6-8-15(14)23)22(29)31-11-19(27)25-17-9-13(3)16(24)10-18(17)30-4/h5-10,12,20H,11H2,1-4H3,(H,25,27)(H,26,28)/t20-/m1/s1. The maximum Gasteiger partial charge on any atom is 0.329 e.